The van der Waals surface area contributed by atoms with Crippen molar-refractivity contribution < 1.29 is 4.74 Å². The maximum atomic E-state index is 5.48. The van der Waals surface area contributed by atoms with E-state index in [1.807, 2.05) is 29.9 Å². The molecular weight excluding hydrogens is 252 g/mol. The minimum absolute atomic E-state index is 0.689. The number of nitrogens with two attached hydrogens (primary N) is 1. The molecule has 2 aromatic rings. The number of ether oxygens (including phenoxy) is 1. The maximum Gasteiger partial charge on any atom is 0.119 e. The first-order chi connectivity index (χ1) is 9.81. The van der Waals surface area contributed by atoms with E-state index in [9.17, 15) is 0 Å². The van der Waals surface area contributed by atoms with Gasteiger partial charge in [-0.3, -0.25) is 0 Å². The van der Waals surface area contributed by atoms with Crippen molar-refractivity contribution in [2.45, 2.75) is 32.7 Å². The Morgan fingerprint density at radius 3 is 2.70 bits per heavy atom. The lowest BCUT2D eigenvalue weighted by atomic mass is 10.2. The Morgan fingerprint density at radius 2 is 2.00 bits per heavy atom. The van der Waals surface area contributed by atoms with Gasteiger partial charge in [-0.05, 0) is 50.4 Å². The molecule has 108 valence electrons. The lowest BCUT2D eigenvalue weighted by Crippen LogP contribution is -2.00. The van der Waals surface area contributed by atoms with Gasteiger partial charge in [0.15, 0.2) is 0 Å². The van der Waals surface area contributed by atoms with Crippen LogP contribution in [0.5, 0.6) is 5.75 Å². The molecule has 0 aliphatic carbocycles. The van der Waals surface area contributed by atoms with E-state index in [2.05, 4.69) is 22.4 Å². The number of nitrogens with zero attached hydrogens (tertiary/aromatic N) is 3. The largest absolute Gasteiger partial charge is 0.494 e. The predicted octanol–water partition coefficient (Wildman–Crippen LogP) is 2.01. The van der Waals surface area contributed by atoms with Crippen molar-refractivity contribution in [1.82, 2.24) is 15.0 Å². The van der Waals surface area contributed by atoms with Crippen LogP contribution >= 0.6 is 0 Å². The van der Waals surface area contributed by atoms with Gasteiger partial charge in [0.2, 0.25) is 0 Å². The summed E-state index contributed by atoms with van der Waals surface area (Å²) >= 11 is 0. The van der Waals surface area contributed by atoms with E-state index >= 15 is 0 Å². The molecule has 2 rings (SSSR count). The Labute approximate surface area is 119 Å². The van der Waals surface area contributed by atoms with Gasteiger partial charge in [0.1, 0.15) is 5.75 Å². The number of aromatic nitrogens is 3. The number of rotatable bonds is 8. The number of hydrogen-bond acceptors (Lipinski definition) is 4. The fourth-order valence-electron chi connectivity index (χ4n) is 2.03. The zero-order valence-corrected chi connectivity index (χ0v) is 12.0. The summed E-state index contributed by atoms with van der Waals surface area (Å²) in [5, 5.41) is 8.33. The molecular formula is C15H22N4O. The topological polar surface area (TPSA) is 66.0 Å². The highest BCUT2D eigenvalue weighted by Crippen LogP contribution is 2.13. The zero-order chi connectivity index (χ0) is 14.2. The monoisotopic (exact) mass is 274 g/mol. The normalized spacial score (nSPS) is 10.7. The number of unbranched alkanes of at least 4 members (excludes halogenated alkanes) is 1. The number of aryl methyl sites for hydroxylation is 1. The molecule has 20 heavy (non-hydrogen) atoms. The van der Waals surface area contributed by atoms with Crippen LogP contribution in [0.2, 0.25) is 0 Å². The van der Waals surface area contributed by atoms with Crippen molar-refractivity contribution in [2.75, 3.05) is 13.2 Å². The standard InChI is InChI=1S/C15H22N4O/c1-2-20-15-8-6-13(7-9-15)11-19-12-14(17-18-19)5-3-4-10-16/h6-9,12H,2-5,10-11,16H2,1H3. The first-order valence-electron chi connectivity index (χ1n) is 7.12. The molecule has 0 saturated heterocycles. The van der Waals surface area contributed by atoms with Crippen molar-refractivity contribution in [2.24, 2.45) is 5.73 Å². The van der Waals surface area contributed by atoms with Crippen LogP contribution in [0.25, 0.3) is 0 Å². The molecule has 0 amide bonds. The number of benzene rings is 1. The van der Waals surface area contributed by atoms with Gasteiger partial charge in [-0.1, -0.05) is 17.3 Å². The molecule has 1 aromatic heterocycles. The van der Waals surface area contributed by atoms with Crippen molar-refractivity contribution in [3.63, 3.8) is 0 Å². The summed E-state index contributed by atoms with van der Waals surface area (Å²) in [7, 11) is 0. The average molecular weight is 274 g/mol. The fourth-order valence-corrected chi connectivity index (χ4v) is 2.03. The van der Waals surface area contributed by atoms with Crippen LogP contribution in [0.15, 0.2) is 30.5 Å². The fraction of sp³-hybridized carbons (Fsp3) is 0.467. The first-order valence-corrected chi connectivity index (χ1v) is 7.12. The van der Waals surface area contributed by atoms with E-state index in [4.69, 9.17) is 10.5 Å². The summed E-state index contributed by atoms with van der Waals surface area (Å²) in [5.74, 6) is 0.900. The quantitative estimate of drug-likeness (QED) is 0.748. The van der Waals surface area contributed by atoms with Gasteiger partial charge in [-0.2, -0.15) is 0 Å². The third-order valence-electron chi connectivity index (χ3n) is 3.05. The SMILES string of the molecule is CCOc1ccc(Cn2cc(CCCCN)nn2)cc1. The predicted molar refractivity (Wildman–Crippen MR) is 78.7 cm³/mol. The van der Waals surface area contributed by atoms with Crippen LogP contribution < -0.4 is 10.5 Å². The molecule has 0 atom stereocenters. The van der Waals surface area contributed by atoms with Gasteiger partial charge in [0.25, 0.3) is 0 Å². The first kappa shape index (κ1) is 14.5. The highest BCUT2D eigenvalue weighted by Gasteiger charge is 2.02. The molecule has 1 aromatic carbocycles. The summed E-state index contributed by atoms with van der Waals surface area (Å²) in [6.45, 7) is 4.14. The molecule has 0 unspecified atom stereocenters. The minimum Gasteiger partial charge on any atom is -0.494 e. The zero-order valence-electron chi connectivity index (χ0n) is 12.0. The molecule has 0 saturated carbocycles. The van der Waals surface area contributed by atoms with E-state index in [1.54, 1.807) is 0 Å². The number of hydrogen-bond donors (Lipinski definition) is 1. The highest BCUT2D eigenvalue weighted by atomic mass is 16.5. The van der Waals surface area contributed by atoms with Crippen molar-refractivity contribution in [1.29, 1.82) is 0 Å². The second-order valence-corrected chi connectivity index (χ2v) is 4.73. The van der Waals surface area contributed by atoms with E-state index in [-0.39, 0.29) is 0 Å². The molecule has 0 radical (unpaired) electrons. The lowest BCUT2D eigenvalue weighted by molar-refractivity contribution is 0.340. The van der Waals surface area contributed by atoms with Crippen LogP contribution in [-0.4, -0.2) is 28.1 Å². The molecule has 0 aliphatic heterocycles. The van der Waals surface area contributed by atoms with Gasteiger partial charge in [0, 0.05) is 6.20 Å². The highest BCUT2D eigenvalue weighted by molar-refractivity contribution is 5.27. The van der Waals surface area contributed by atoms with Gasteiger partial charge >= 0.3 is 0 Å². The molecule has 2 N–H and O–H groups in total. The molecule has 5 nitrogen and oxygen atoms in total. The van der Waals surface area contributed by atoms with E-state index in [1.165, 1.54) is 5.56 Å². The van der Waals surface area contributed by atoms with Crippen molar-refractivity contribution in [3.8, 4) is 5.75 Å². The smallest absolute Gasteiger partial charge is 0.119 e. The van der Waals surface area contributed by atoms with Crippen LogP contribution in [0.4, 0.5) is 0 Å². The molecule has 5 heteroatoms. The van der Waals surface area contributed by atoms with Gasteiger partial charge in [-0.15, -0.1) is 5.10 Å². The van der Waals surface area contributed by atoms with Gasteiger partial charge < -0.3 is 10.5 Å². The van der Waals surface area contributed by atoms with Crippen molar-refractivity contribution in [3.05, 3.63) is 41.7 Å². The second kappa shape index (κ2) is 7.65. The molecule has 1 heterocycles. The van der Waals surface area contributed by atoms with Crippen LogP contribution in [0, 0.1) is 0 Å². The Kier molecular flexibility index (Phi) is 5.55. The van der Waals surface area contributed by atoms with E-state index in [0.717, 1.165) is 43.8 Å². The van der Waals surface area contributed by atoms with Gasteiger partial charge in [-0.25, -0.2) is 4.68 Å². The minimum atomic E-state index is 0.689. The van der Waals surface area contributed by atoms with Crippen molar-refractivity contribution >= 4 is 0 Å². The molecule has 0 bridgehead atoms. The summed E-state index contributed by atoms with van der Waals surface area (Å²) in [6.07, 6.45) is 5.05. The Balaban J connectivity index is 1.89. The summed E-state index contributed by atoms with van der Waals surface area (Å²) in [4.78, 5) is 0. The second-order valence-electron chi connectivity index (χ2n) is 4.73. The lowest BCUT2D eigenvalue weighted by Gasteiger charge is -2.04. The van der Waals surface area contributed by atoms with Crippen LogP contribution in [0.3, 0.4) is 0 Å². The Morgan fingerprint density at radius 1 is 1.20 bits per heavy atom. The van der Waals surface area contributed by atoms with Crippen LogP contribution in [0.1, 0.15) is 31.0 Å². The summed E-state index contributed by atoms with van der Waals surface area (Å²) < 4.78 is 7.29. The molecule has 0 aliphatic rings. The Bertz CT molecular complexity index is 507. The van der Waals surface area contributed by atoms with Crippen LogP contribution in [-0.2, 0) is 13.0 Å². The van der Waals surface area contributed by atoms with E-state index in [0.29, 0.717) is 6.61 Å². The summed E-state index contributed by atoms with van der Waals surface area (Å²) in [5.41, 5.74) is 7.70. The third-order valence-corrected chi connectivity index (χ3v) is 3.05. The summed E-state index contributed by atoms with van der Waals surface area (Å²) in [6, 6.07) is 8.08. The molecule has 0 fully saturated rings. The third kappa shape index (κ3) is 4.35. The molecule has 0 spiro atoms. The maximum absolute atomic E-state index is 5.48. The average Bonchev–Trinajstić information content (AvgIpc) is 2.89. The van der Waals surface area contributed by atoms with Gasteiger partial charge in [0.05, 0.1) is 18.8 Å². The Hall–Kier alpha value is -1.88. The van der Waals surface area contributed by atoms with E-state index < -0.39 is 0 Å².